The van der Waals surface area contributed by atoms with Crippen LogP contribution in [0.4, 0.5) is 10.1 Å². The summed E-state index contributed by atoms with van der Waals surface area (Å²) >= 11 is 0. The topological polar surface area (TPSA) is 85.9 Å². The number of nitrogens with one attached hydrogen (secondary N) is 2. The second-order valence-corrected chi connectivity index (χ2v) is 6.99. The van der Waals surface area contributed by atoms with Gasteiger partial charge in [0.1, 0.15) is 11.6 Å². The summed E-state index contributed by atoms with van der Waals surface area (Å²) in [5.74, 6) is 5.32. The number of benzene rings is 2. The van der Waals surface area contributed by atoms with Crippen LogP contribution in [0.25, 0.3) is 0 Å². The minimum atomic E-state index is -0.531. The van der Waals surface area contributed by atoms with E-state index in [1.807, 2.05) is 0 Å². The fraction of sp³-hybridized carbons (Fsp3) is 0.308. The molecular weight excluding hydrogens is 439 g/mol. The average Bonchev–Trinajstić information content (AvgIpc) is 2.83. The monoisotopic (exact) mass is 466 g/mol. The molecule has 0 aliphatic carbocycles. The van der Waals surface area contributed by atoms with Crippen LogP contribution in [-0.4, -0.2) is 39.1 Å². The molecule has 0 aromatic heterocycles. The van der Waals surface area contributed by atoms with Crippen molar-refractivity contribution < 1.29 is 28.2 Å². The molecule has 2 aromatic carbocycles. The van der Waals surface area contributed by atoms with Crippen LogP contribution in [0.1, 0.15) is 35.7 Å². The Morgan fingerprint density at radius 3 is 2.62 bits per heavy atom. The smallest absolute Gasteiger partial charge is 0.340 e. The number of carbonyl (C=O) groups is 2. The minimum absolute atomic E-state index is 0.0797. The predicted molar refractivity (Wildman–Crippen MR) is 127 cm³/mol. The Bertz CT molecular complexity index is 1130. The zero-order chi connectivity index (χ0) is 24.8. The lowest BCUT2D eigenvalue weighted by Gasteiger charge is -2.14. The van der Waals surface area contributed by atoms with Gasteiger partial charge in [0.2, 0.25) is 0 Å². The number of anilines is 1. The van der Waals surface area contributed by atoms with Crippen molar-refractivity contribution in [2.45, 2.75) is 26.2 Å². The largest absolute Gasteiger partial charge is 0.493 e. The molecule has 0 heterocycles. The van der Waals surface area contributed by atoms with Crippen molar-refractivity contribution in [2.24, 2.45) is 0 Å². The van der Waals surface area contributed by atoms with Crippen LogP contribution in [-0.2, 0) is 16.0 Å². The van der Waals surface area contributed by atoms with E-state index in [2.05, 4.69) is 34.6 Å². The van der Waals surface area contributed by atoms with Gasteiger partial charge in [-0.05, 0) is 31.0 Å². The van der Waals surface area contributed by atoms with E-state index >= 15 is 0 Å². The summed E-state index contributed by atoms with van der Waals surface area (Å²) < 4.78 is 29.1. The van der Waals surface area contributed by atoms with Gasteiger partial charge in [-0.1, -0.05) is 24.0 Å². The van der Waals surface area contributed by atoms with Crippen LogP contribution in [0.3, 0.4) is 0 Å². The fourth-order valence-corrected chi connectivity index (χ4v) is 2.89. The Morgan fingerprint density at radius 2 is 1.91 bits per heavy atom. The molecule has 0 aliphatic heterocycles. The van der Waals surface area contributed by atoms with Gasteiger partial charge in [-0.15, -0.1) is 0 Å². The summed E-state index contributed by atoms with van der Waals surface area (Å²) in [6, 6.07) is 14.6. The maximum atomic E-state index is 13.2. The normalized spacial score (nSPS) is 9.53. The average molecular weight is 467 g/mol. The third kappa shape index (κ3) is 8.40. The molecule has 0 saturated heterocycles. The van der Waals surface area contributed by atoms with E-state index < -0.39 is 5.97 Å². The number of carbonyl (C=O) groups excluding carboxylic acids is 2. The van der Waals surface area contributed by atoms with E-state index in [-0.39, 0.29) is 30.0 Å². The highest BCUT2D eigenvalue weighted by atomic mass is 19.1. The molecule has 0 aliphatic rings. The van der Waals surface area contributed by atoms with E-state index in [9.17, 15) is 14.0 Å². The first-order valence-corrected chi connectivity index (χ1v) is 10.6. The summed E-state index contributed by atoms with van der Waals surface area (Å²) in [5, 5.41) is 5.75. The Balaban J connectivity index is 1.81. The molecular formula is C26H27FN2O5. The maximum Gasteiger partial charge on any atom is 0.340 e. The first kappa shape index (κ1) is 26.1. The molecule has 0 atom stereocenters. The molecule has 0 radical (unpaired) electrons. The summed E-state index contributed by atoms with van der Waals surface area (Å²) in [7, 11) is 2.80. The SMILES string of the molecule is CC#CNc1cc(OC)c(OCCCNC#CCC(=O)Cc2cccc(F)c2)cc1C(=O)OC. The first-order chi connectivity index (χ1) is 16.5. The molecule has 178 valence electrons. The Morgan fingerprint density at radius 1 is 1.09 bits per heavy atom. The highest BCUT2D eigenvalue weighted by Crippen LogP contribution is 2.34. The lowest BCUT2D eigenvalue weighted by molar-refractivity contribution is -0.117. The van der Waals surface area contributed by atoms with Gasteiger partial charge >= 0.3 is 5.97 Å². The zero-order valence-electron chi connectivity index (χ0n) is 19.4. The van der Waals surface area contributed by atoms with Gasteiger partial charge in [-0.25, -0.2) is 9.18 Å². The lowest BCUT2D eigenvalue weighted by Crippen LogP contribution is -2.13. The predicted octanol–water partition coefficient (Wildman–Crippen LogP) is 3.53. The van der Waals surface area contributed by atoms with Crippen LogP contribution in [0.2, 0.25) is 0 Å². The Kier molecular flexibility index (Phi) is 10.8. The highest BCUT2D eigenvalue weighted by Gasteiger charge is 2.17. The quantitative estimate of drug-likeness (QED) is 0.227. The summed E-state index contributed by atoms with van der Waals surface area (Å²) in [5.41, 5.74) is 1.35. The van der Waals surface area contributed by atoms with Gasteiger partial charge in [0, 0.05) is 37.2 Å². The highest BCUT2D eigenvalue weighted by molar-refractivity contribution is 5.97. The number of ketones is 1. The van der Waals surface area contributed by atoms with Crippen LogP contribution >= 0.6 is 0 Å². The Hall–Kier alpha value is -4.17. The molecule has 34 heavy (non-hydrogen) atoms. The molecule has 0 bridgehead atoms. The van der Waals surface area contributed by atoms with Crippen molar-refractivity contribution in [2.75, 3.05) is 32.7 Å². The molecule has 0 fully saturated rings. The van der Waals surface area contributed by atoms with Gasteiger partial charge in [0.25, 0.3) is 0 Å². The number of Topliss-reactive ketones (excluding diaryl/α,β-unsaturated/α-hetero) is 1. The molecule has 2 rings (SSSR count). The van der Waals surface area contributed by atoms with E-state index in [1.54, 1.807) is 31.2 Å². The number of rotatable bonds is 11. The Labute approximate surface area is 199 Å². The molecule has 0 saturated carbocycles. The second-order valence-electron chi connectivity index (χ2n) is 6.99. The van der Waals surface area contributed by atoms with Gasteiger partial charge in [-0.3, -0.25) is 4.79 Å². The standard InChI is InChI=1S/C26H27FN2O5/c1-4-11-29-23-18-24(32-2)25(17-22(23)26(31)33-3)34-14-7-13-28-12-6-10-21(30)16-19-8-5-9-20(27)15-19/h5,8-9,15,17-18,28-29H,7,10,13-14,16H2,1-3H3. The van der Waals surface area contributed by atoms with Gasteiger partial charge in [0.15, 0.2) is 11.5 Å². The molecule has 7 nitrogen and oxygen atoms in total. The summed E-state index contributed by atoms with van der Waals surface area (Å²) in [6.07, 6.45) is 0.843. The molecule has 0 unspecified atom stereocenters. The third-order valence-corrected chi connectivity index (χ3v) is 4.49. The number of esters is 1. The molecule has 2 N–H and O–H groups in total. The second kappa shape index (κ2) is 14.1. The lowest BCUT2D eigenvalue weighted by atomic mass is 10.1. The number of methoxy groups -OCH3 is 2. The molecule has 0 spiro atoms. The van der Waals surface area contributed by atoms with Crippen LogP contribution in [0, 0.1) is 29.7 Å². The van der Waals surface area contributed by atoms with E-state index in [0.717, 1.165) is 0 Å². The van der Waals surface area contributed by atoms with Crippen molar-refractivity contribution in [3.63, 3.8) is 0 Å². The fourth-order valence-electron chi connectivity index (χ4n) is 2.89. The van der Waals surface area contributed by atoms with E-state index in [0.29, 0.717) is 42.3 Å². The van der Waals surface area contributed by atoms with E-state index in [1.165, 1.54) is 26.4 Å². The van der Waals surface area contributed by atoms with Gasteiger partial charge in [-0.2, -0.15) is 0 Å². The van der Waals surface area contributed by atoms with Gasteiger partial charge in [0.05, 0.1) is 38.5 Å². The molecule has 0 amide bonds. The third-order valence-electron chi connectivity index (χ3n) is 4.49. The summed E-state index contributed by atoms with van der Waals surface area (Å²) in [4.78, 5) is 24.0. The van der Waals surface area contributed by atoms with Crippen LogP contribution in [0.15, 0.2) is 36.4 Å². The van der Waals surface area contributed by atoms with Crippen molar-refractivity contribution >= 4 is 17.4 Å². The zero-order valence-corrected chi connectivity index (χ0v) is 19.4. The number of halogens is 1. The van der Waals surface area contributed by atoms with Crippen molar-refractivity contribution in [1.29, 1.82) is 0 Å². The number of ether oxygens (including phenoxy) is 3. The van der Waals surface area contributed by atoms with Crippen molar-refractivity contribution in [3.8, 4) is 35.4 Å². The molecule has 2 aromatic rings. The number of hydrogen-bond acceptors (Lipinski definition) is 7. The van der Waals surface area contributed by atoms with Crippen molar-refractivity contribution in [1.82, 2.24) is 5.32 Å². The first-order valence-electron chi connectivity index (χ1n) is 10.6. The van der Waals surface area contributed by atoms with Crippen molar-refractivity contribution in [3.05, 3.63) is 53.3 Å². The van der Waals surface area contributed by atoms with E-state index in [4.69, 9.17) is 14.2 Å². The minimum Gasteiger partial charge on any atom is -0.493 e. The maximum absolute atomic E-state index is 13.2. The molecule has 8 heteroatoms. The van der Waals surface area contributed by atoms with Crippen LogP contribution < -0.4 is 20.1 Å². The van der Waals surface area contributed by atoms with Crippen LogP contribution in [0.5, 0.6) is 11.5 Å². The van der Waals surface area contributed by atoms with Gasteiger partial charge < -0.3 is 24.8 Å². The summed E-state index contributed by atoms with van der Waals surface area (Å²) in [6.45, 7) is 2.54. The number of hydrogen-bond donors (Lipinski definition) is 2.